The van der Waals surface area contributed by atoms with E-state index in [1.54, 1.807) is 11.1 Å². The maximum Gasteiger partial charge on any atom is 0.175 e. The van der Waals surface area contributed by atoms with Crippen LogP contribution in [0.3, 0.4) is 0 Å². The predicted octanol–water partition coefficient (Wildman–Crippen LogP) is 5.53. The summed E-state index contributed by atoms with van der Waals surface area (Å²) in [7, 11) is 1.82. The third-order valence-corrected chi connectivity index (χ3v) is 10.2. The molecule has 0 radical (unpaired) electrons. The van der Waals surface area contributed by atoms with Crippen molar-refractivity contribution in [2.24, 2.45) is 28.1 Å². The molecule has 0 aromatic heterocycles. The number of ether oxygens (including phenoxy) is 3. The Bertz CT molecular complexity index is 801. The Balaban J connectivity index is 1.38. The fourth-order valence-corrected chi connectivity index (χ4v) is 8.81. The molecule has 2 saturated carbocycles. The first-order chi connectivity index (χ1) is 13.5. The molecule has 3 heteroatoms. The number of fused-ring (bicyclic) bond motifs is 2. The van der Waals surface area contributed by atoms with E-state index >= 15 is 0 Å². The van der Waals surface area contributed by atoms with Crippen LogP contribution >= 0.6 is 0 Å². The molecule has 3 fully saturated rings. The molecule has 5 aliphatic carbocycles. The van der Waals surface area contributed by atoms with Crippen molar-refractivity contribution < 1.29 is 14.2 Å². The Labute approximate surface area is 169 Å². The van der Waals surface area contributed by atoms with Crippen LogP contribution in [0.5, 0.6) is 0 Å². The van der Waals surface area contributed by atoms with E-state index in [4.69, 9.17) is 14.2 Å². The first-order valence-corrected chi connectivity index (χ1v) is 11.4. The highest BCUT2D eigenvalue weighted by Gasteiger charge is 2.76. The van der Waals surface area contributed by atoms with Crippen molar-refractivity contribution in [2.45, 2.75) is 71.0 Å². The molecule has 1 unspecified atom stereocenters. The van der Waals surface area contributed by atoms with Gasteiger partial charge >= 0.3 is 0 Å². The van der Waals surface area contributed by atoms with E-state index < -0.39 is 5.79 Å². The van der Waals surface area contributed by atoms with Gasteiger partial charge in [-0.2, -0.15) is 0 Å². The highest BCUT2D eigenvalue weighted by molar-refractivity contribution is 5.41. The van der Waals surface area contributed by atoms with Gasteiger partial charge in [0.25, 0.3) is 0 Å². The highest BCUT2D eigenvalue weighted by Crippen LogP contribution is 2.80. The minimum absolute atomic E-state index is 0.0474. The maximum atomic E-state index is 6.30. The molecule has 2 bridgehead atoms. The molecule has 1 aliphatic heterocycles. The molecular formula is C25H34O3. The Morgan fingerprint density at radius 1 is 1.04 bits per heavy atom. The average molecular weight is 383 g/mol. The molecule has 5 atom stereocenters. The first kappa shape index (κ1) is 17.8. The van der Waals surface area contributed by atoms with E-state index in [9.17, 15) is 0 Å². The van der Waals surface area contributed by atoms with Gasteiger partial charge in [-0.3, -0.25) is 0 Å². The van der Waals surface area contributed by atoms with Crippen LogP contribution in [-0.2, 0) is 14.2 Å². The normalized spacial score (nSPS) is 48.2. The van der Waals surface area contributed by atoms with Gasteiger partial charge in [0.2, 0.25) is 0 Å². The molecule has 152 valence electrons. The molecule has 28 heavy (non-hydrogen) atoms. The van der Waals surface area contributed by atoms with E-state index in [0.717, 1.165) is 37.9 Å². The summed E-state index contributed by atoms with van der Waals surface area (Å²) in [5.41, 5.74) is 4.11. The summed E-state index contributed by atoms with van der Waals surface area (Å²) in [6.07, 6.45) is 17.5. The van der Waals surface area contributed by atoms with E-state index in [-0.39, 0.29) is 10.8 Å². The molecule has 3 nitrogen and oxygen atoms in total. The maximum absolute atomic E-state index is 6.30. The number of methoxy groups -OCH3 is 1. The molecule has 1 saturated heterocycles. The van der Waals surface area contributed by atoms with E-state index in [2.05, 4.69) is 32.1 Å². The highest BCUT2D eigenvalue weighted by atomic mass is 16.7. The van der Waals surface area contributed by atoms with Crippen LogP contribution in [0, 0.1) is 28.1 Å². The van der Waals surface area contributed by atoms with Gasteiger partial charge in [0.1, 0.15) is 0 Å². The van der Waals surface area contributed by atoms with Crippen LogP contribution < -0.4 is 0 Å². The van der Waals surface area contributed by atoms with E-state index in [1.807, 2.05) is 7.11 Å². The topological polar surface area (TPSA) is 27.7 Å². The molecule has 0 spiro atoms. The predicted molar refractivity (Wildman–Crippen MR) is 108 cm³/mol. The Morgan fingerprint density at radius 3 is 2.57 bits per heavy atom. The summed E-state index contributed by atoms with van der Waals surface area (Å²) < 4.78 is 18.2. The van der Waals surface area contributed by atoms with E-state index in [0.29, 0.717) is 5.41 Å². The lowest BCUT2D eigenvalue weighted by Gasteiger charge is -2.59. The second-order valence-corrected chi connectivity index (χ2v) is 10.5. The lowest BCUT2D eigenvalue weighted by atomic mass is 9.45. The van der Waals surface area contributed by atoms with Crippen molar-refractivity contribution >= 4 is 0 Å². The van der Waals surface area contributed by atoms with Crippen LogP contribution in [-0.4, -0.2) is 26.1 Å². The Kier molecular flexibility index (Phi) is 3.52. The van der Waals surface area contributed by atoms with Gasteiger partial charge in [-0.15, -0.1) is 0 Å². The summed E-state index contributed by atoms with van der Waals surface area (Å²) >= 11 is 0. The molecule has 6 aliphatic rings. The summed E-state index contributed by atoms with van der Waals surface area (Å²) in [6, 6.07) is 0. The second-order valence-electron chi connectivity index (χ2n) is 10.5. The second kappa shape index (κ2) is 5.55. The van der Waals surface area contributed by atoms with Gasteiger partial charge in [0.15, 0.2) is 5.79 Å². The summed E-state index contributed by atoms with van der Waals surface area (Å²) in [5.74, 6) is 2.29. The van der Waals surface area contributed by atoms with Crippen LogP contribution in [0.1, 0.15) is 65.2 Å². The monoisotopic (exact) mass is 382 g/mol. The van der Waals surface area contributed by atoms with Crippen molar-refractivity contribution in [3.8, 4) is 0 Å². The molecular weight excluding hydrogens is 348 g/mol. The number of allylic oxidation sites excluding steroid dienone is 4. The zero-order valence-corrected chi connectivity index (χ0v) is 17.7. The molecule has 0 aromatic carbocycles. The van der Waals surface area contributed by atoms with Crippen LogP contribution in [0.15, 0.2) is 35.1 Å². The van der Waals surface area contributed by atoms with Gasteiger partial charge in [-0.25, -0.2) is 0 Å². The number of hydrogen-bond donors (Lipinski definition) is 0. The Morgan fingerprint density at radius 2 is 1.86 bits per heavy atom. The first-order valence-electron chi connectivity index (χ1n) is 11.4. The molecule has 0 aromatic rings. The lowest BCUT2D eigenvalue weighted by molar-refractivity contribution is -0.246. The van der Waals surface area contributed by atoms with Gasteiger partial charge in [-0.1, -0.05) is 30.2 Å². The largest absolute Gasteiger partial charge is 0.501 e. The number of rotatable bonds is 2. The van der Waals surface area contributed by atoms with Gasteiger partial charge in [0.05, 0.1) is 26.1 Å². The summed E-state index contributed by atoms with van der Waals surface area (Å²) in [6.45, 7) is 6.29. The van der Waals surface area contributed by atoms with Crippen molar-refractivity contribution in [2.75, 3.05) is 20.3 Å². The standard InChI is InChI=1S/C25H34O3/c1-22-9-8-20-19-6-5-18(26-3)16-17(19)4-7-21(20)24(22)10-12-25(22,13-11-24)23(2)27-14-15-28-23/h5,10,12,20-21H,4,6-9,11,13-16H2,1-3H3/t20-,21-,22+,24?,25-/m1/s1. The van der Waals surface area contributed by atoms with Gasteiger partial charge in [-0.05, 0) is 80.6 Å². The average Bonchev–Trinajstić information content (AvgIpc) is 3.36. The minimum atomic E-state index is -0.441. The smallest absolute Gasteiger partial charge is 0.175 e. The van der Waals surface area contributed by atoms with E-state index in [1.165, 1.54) is 44.3 Å². The molecule has 1 heterocycles. The fourth-order valence-electron chi connectivity index (χ4n) is 8.81. The zero-order chi connectivity index (χ0) is 19.2. The van der Waals surface area contributed by atoms with Gasteiger partial charge in [0, 0.05) is 11.8 Å². The molecule has 0 amide bonds. The SMILES string of the molecule is COC1=CCC2=C(CC[C@@H]3[C@@H]2CC[C@@]2(C)C34C=C[C@@]2(C2(C)OCCO2)CC4)C1. The van der Waals surface area contributed by atoms with Crippen LogP contribution in [0.2, 0.25) is 0 Å². The van der Waals surface area contributed by atoms with Crippen molar-refractivity contribution in [3.05, 3.63) is 35.1 Å². The third-order valence-electron chi connectivity index (χ3n) is 10.2. The van der Waals surface area contributed by atoms with Crippen LogP contribution in [0.25, 0.3) is 0 Å². The van der Waals surface area contributed by atoms with Crippen molar-refractivity contribution in [1.82, 2.24) is 0 Å². The number of hydrogen-bond acceptors (Lipinski definition) is 3. The zero-order valence-electron chi connectivity index (χ0n) is 17.7. The quantitative estimate of drug-likeness (QED) is 0.588. The van der Waals surface area contributed by atoms with Crippen molar-refractivity contribution in [1.29, 1.82) is 0 Å². The summed E-state index contributed by atoms with van der Waals surface area (Å²) in [4.78, 5) is 0. The van der Waals surface area contributed by atoms with Crippen molar-refractivity contribution in [3.63, 3.8) is 0 Å². The fraction of sp³-hybridized carbons (Fsp3) is 0.760. The van der Waals surface area contributed by atoms with Crippen LogP contribution in [0.4, 0.5) is 0 Å². The van der Waals surface area contributed by atoms with Gasteiger partial charge < -0.3 is 14.2 Å². The summed E-state index contributed by atoms with van der Waals surface area (Å²) in [5, 5.41) is 0. The molecule has 0 N–H and O–H groups in total. The third kappa shape index (κ3) is 1.81. The lowest BCUT2D eigenvalue weighted by Crippen LogP contribution is -2.57. The molecule has 6 rings (SSSR count). The Hall–Kier alpha value is -1.06. The minimum Gasteiger partial charge on any atom is -0.501 e.